The molecule has 254 valence electrons. The molecule has 0 unspecified atom stereocenters. The average Bonchev–Trinajstić information content (AvgIpc) is 3.35. The summed E-state index contributed by atoms with van der Waals surface area (Å²) in [6.45, 7) is 6.28. The number of hydrogen-bond donors (Lipinski definition) is 3. The number of aromatic nitrogens is 1. The zero-order valence-corrected chi connectivity index (χ0v) is 23.8. The fourth-order valence-electron chi connectivity index (χ4n) is 3.93. The Bertz CT molecular complexity index is 1120. The lowest BCUT2D eigenvalue weighted by Gasteiger charge is -2.40. The van der Waals surface area contributed by atoms with Gasteiger partial charge < -0.3 is 20.1 Å². The molecule has 2 aliphatic rings. The van der Waals surface area contributed by atoms with E-state index in [1.807, 2.05) is 12.4 Å². The molecule has 0 radical (unpaired) electrons. The van der Waals surface area contributed by atoms with E-state index in [0.717, 1.165) is 45.8 Å². The summed E-state index contributed by atoms with van der Waals surface area (Å²) in [5.74, 6) is -8.27. The van der Waals surface area contributed by atoms with Gasteiger partial charge in [0.25, 0.3) is 0 Å². The van der Waals surface area contributed by atoms with Crippen LogP contribution in [0.25, 0.3) is 0 Å². The predicted molar refractivity (Wildman–Crippen MR) is 138 cm³/mol. The van der Waals surface area contributed by atoms with Crippen molar-refractivity contribution in [3.05, 3.63) is 52.5 Å². The summed E-state index contributed by atoms with van der Waals surface area (Å²) in [7, 11) is 0. The Morgan fingerprint density at radius 1 is 0.778 bits per heavy atom. The Hall–Kier alpha value is -3.49. The number of rotatable bonds is 4. The number of halogens is 9. The molecule has 20 heteroatoms. The summed E-state index contributed by atoms with van der Waals surface area (Å²) in [4.78, 5) is 36.0. The molecule has 2 atom stereocenters. The minimum atomic E-state index is -5.08. The Morgan fingerprint density at radius 2 is 1.27 bits per heavy atom. The molecule has 0 bridgehead atoms. The lowest BCUT2D eigenvalue weighted by molar-refractivity contribution is -0.193. The second-order valence-electron chi connectivity index (χ2n) is 9.20. The van der Waals surface area contributed by atoms with Crippen molar-refractivity contribution in [2.24, 2.45) is 0 Å². The standard InChI is InChI=1S/C19H25N3OS.3C2HF3O2/c1-6-20-7-2-16(1)14-22-10-11-23-19-4-9-21(8-3-18(19)22)13-17-5-12-24-15-17;3*3-2(4,5)1(6)7/h1-2,5-7,12,15,18-19H,3-4,8-11,13-14H2;3*(H,6,7)/t18-,19-;;;/m1.../s1. The smallest absolute Gasteiger partial charge is 0.475 e. The second-order valence-corrected chi connectivity index (χ2v) is 9.98. The lowest BCUT2D eigenvalue weighted by atomic mass is 10.0. The number of nitrogens with zero attached hydrogens (tertiary/aromatic N) is 3. The first-order chi connectivity index (χ1) is 20.7. The van der Waals surface area contributed by atoms with E-state index in [2.05, 4.69) is 43.7 Å². The van der Waals surface area contributed by atoms with Crippen LogP contribution in [0.4, 0.5) is 39.5 Å². The monoisotopic (exact) mass is 685 g/mol. The number of likely N-dealkylation sites (tertiary alicyclic amines) is 1. The van der Waals surface area contributed by atoms with E-state index >= 15 is 0 Å². The highest BCUT2D eigenvalue weighted by Crippen LogP contribution is 2.26. The Balaban J connectivity index is 0.000000396. The van der Waals surface area contributed by atoms with Gasteiger partial charge in [0.2, 0.25) is 0 Å². The van der Waals surface area contributed by atoms with E-state index in [0.29, 0.717) is 12.1 Å². The quantitative estimate of drug-likeness (QED) is 0.381. The Labute approximate surface area is 253 Å². The number of hydrogen-bond acceptors (Lipinski definition) is 8. The maximum Gasteiger partial charge on any atom is 0.490 e. The fraction of sp³-hybridized carbons (Fsp3) is 0.520. The van der Waals surface area contributed by atoms with Gasteiger partial charge in [0.05, 0.1) is 12.7 Å². The summed E-state index contributed by atoms with van der Waals surface area (Å²) in [6.07, 6.45) is -8.75. The van der Waals surface area contributed by atoms with Gasteiger partial charge in [-0.1, -0.05) is 0 Å². The van der Waals surface area contributed by atoms with Crippen molar-refractivity contribution in [3.8, 4) is 0 Å². The predicted octanol–water partition coefficient (Wildman–Crippen LogP) is 4.91. The van der Waals surface area contributed by atoms with Gasteiger partial charge in [-0.2, -0.15) is 50.9 Å². The van der Waals surface area contributed by atoms with Crippen molar-refractivity contribution in [2.75, 3.05) is 26.2 Å². The topological polar surface area (TPSA) is 140 Å². The Morgan fingerprint density at radius 3 is 1.71 bits per heavy atom. The van der Waals surface area contributed by atoms with Crippen LogP contribution >= 0.6 is 11.3 Å². The molecule has 2 aromatic heterocycles. The second kappa shape index (κ2) is 17.9. The summed E-state index contributed by atoms with van der Waals surface area (Å²) >= 11 is 1.79. The number of aliphatic carboxylic acids is 3. The molecule has 0 amide bonds. The third kappa shape index (κ3) is 15.9. The van der Waals surface area contributed by atoms with Crippen molar-refractivity contribution >= 4 is 29.2 Å². The molecule has 45 heavy (non-hydrogen) atoms. The van der Waals surface area contributed by atoms with E-state index in [4.69, 9.17) is 34.4 Å². The molecular weight excluding hydrogens is 657 g/mol. The van der Waals surface area contributed by atoms with Gasteiger partial charge in [-0.05, 0) is 52.9 Å². The molecule has 3 N–H and O–H groups in total. The number of thiophene rings is 1. The van der Waals surface area contributed by atoms with Gasteiger partial charge in [-0.15, -0.1) is 0 Å². The van der Waals surface area contributed by atoms with Gasteiger partial charge in [0.1, 0.15) is 0 Å². The maximum atomic E-state index is 10.6. The van der Waals surface area contributed by atoms with Gasteiger partial charge in [-0.25, -0.2) is 14.4 Å². The van der Waals surface area contributed by atoms with E-state index in [1.165, 1.54) is 17.5 Å². The molecule has 4 rings (SSSR count). The highest BCUT2D eigenvalue weighted by Gasteiger charge is 2.39. The molecule has 2 fully saturated rings. The minimum absolute atomic E-state index is 0.382. The molecule has 4 heterocycles. The number of ether oxygens (including phenoxy) is 1. The van der Waals surface area contributed by atoms with Crippen LogP contribution in [-0.4, -0.2) is 105 Å². The van der Waals surface area contributed by atoms with Crippen molar-refractivity contribution in [2.45, 2.75) is 56.6 Å². The first-order valence-corrected chi connectivity index (χ1v) is 13.5. The van der Waals surface area contributed by atoms with Gasteiger partial charge in [0.15, 0.2) is 0 Å². The van der Waals surface area contributed by atoms with Gasteiger partial charge >= 0.3 is 36.4 Å². The van der Waals surface area contributed by atoms with Crippen LogP contribution in [0.5, 0.6) is 0 Å². The molecule has 0 aromatic carbocycles. The molecule has 2 aliphatic heterocycles. The van der Waals surface area contributed by atoms with E-state index < -0.39 is 36.4 Å². The molecule has 0 spiro atoms. The van der Waals surface area contributed by atoms with Crippen molar-refractivity contribution < 1.29 is 74.0 Å². The number of alkyl halides is 9. The zero-order chi connectivity index (χ0) is 34.4. The summed E-state index contributed by atoms with van der Waals surface area (Å²) in [5, 5.41) is 25.8. The molecular formula is C25H28F9N3O7S. The van der Waals surface area contributed by atoms with Crippen molar-refractivity contribution in [1.29, 1.82) is 0 Å². The van der Waals surface area contributed by atoms with E-state index in [9.17, 15) is 39.5 Å². The van der Waals surface area contributed by atoms with E-state index in [1.54, 1.807) is 11.3 Å². The largest absolute Gasteiger partial charge is 0.490 e. The van der Waals surface area contributed by atoms with Crippen molar-refractivity contribution in [1.82, 2.24) is 14.8 Å². The van der Waals surface area contributed by atoms with Crippen LogP contribution in [0, 0.1) is 0 Å². The van der Waals surface area contributed by atoms with E-state index in [-0.39, 0.29) is 0 Å². The first-order valence-electron chi connectivity index (χ1n) is 12.6. The van der Waals surface area contributed by atoms with Gasteiger partial charge in [-0.3, -0.25) is 14.8 Å². The first kappa shape index (κ1) is 39.5. The van der Waals surface area contributed by atoms with Gasteiger partial charge in [0, 0.05) is 51.2 Å². The van der Waals surface area contributed by atoms with Crippen molar-refractivity contribution in [3.63, 3.8) is 0 Å². The zero-order valence-electron chi connectivity index (χ0n) is 23.0. The number of morpholine rings is 1. The number of carbonyl (C=O) groups is 3. The Kier molecular flexibility index (Phi) is 15.7. The average molecular weight is 686 g/mol. The number of carboxylic acids is 3. The maximum absolute atomic E-state index is 10.6. The van der Waals surface area contributed by atoms with Crippen LogP contribution in [0.1, 0.15) is 24.0 Å². The summed E-state index contributed by atoms with van der Waals surface area (Å²) in [6, 6.07) is 7.04. The SMILES string of the molecule is O=C(O)C(F)(F)F.O=C(O)C(F)(F)F.O=C(O)C(F)(F)F.c1cc(CN2CCO[C@@H]3CCN(Cc4ccsc4)CC[C@H]32)ccn1. The highest BCUT2D eigenvalue weighted by molar-refractivity contribution is 7.07. The molecule has 2 aromatic rings. The lowest BCUT2D eigenvalue weighted by Crippen LogP contribution is -2.50. The van der Waals surface area contributed by atoms with Crippen LogP contribution in [-0.2, 0) is 32.2 Å². The van der Waals surface area contributed by atoms with Crippen LogP contribution < -0.4 is 0 Å². The number of pyridine rings is 1. The third-order valence-corrected chi connectivity index (χ3v) is 6.66. The number of carboxylic acid groups (broad SMARTS) is 3. The van der Waals surface area contributed by atoms with Crippen LogP contribution in [0.15, 0.2) is 41.4 Å². The summed E-state index contributed by atoms with van der Waals surface area (Å²) in [5.41, 5.74) is 2.80. The summed E-state index contributed by atoms with van der Waals surface area (Å²) < 4.78 is 101. The fourth-order valence-corrected chi connectivity index (χ4v) is 4.59. The van der Waals surface area contributed by atoms with Crippen LogP contribution in [0.3, 0.4) is 0 Å². The van der Waals surface area contributed by atoms with Crippen LogP contribution in [0.2, 0.25) is 0 Å². The molecule has 10 nitrogen and oxygen atoms in total. The highest BCUT2D eigenvalue weighted by atomic mass is 32.1. The third-order valence-electron chi connectivity index (χ3n) is 5.93. The number of fused-ring (bicyclic) bond motifs is 1. The minimum Gasteiger partial charge on any atom is -0.475 e. The molecule has 0 aliphatic carbocycles. The normalized spacial score (nSPS) is 19.1. The molecule has 0 saturated carbocycles. The molecule has 2 saturated heterocycles.